The second-order valence-electron chi connectivity index (χ2n) is 5.65. The third kappa shape index (κ3) is 19.7. The summed E-state index contributed by atoms with van der Waals surface area (Å²) in [5.74, 6) is -1.59. The Labute approximate surface area is 157 Å². The van der Waals surface area contributed by atoms with Crippen molar-refractivity contribution in [2.45, 2.75) is 58.3 Å². The van der Waals surface area contributed by atoms with Crippen molar-refractivity contribution in [2.24, 2.45) is 0 Å². The van der Waals surface area contributed by atoms with Crippen LogP contribution in [-0.2, 0) is 14.3 Å². The summed E-state index contributed by atoms with van der Waals surface area (Å²) in [5.41, 5.74) is 0. The van der Waals surface area contributed by atoms with E-state index in [0.29, 0.717) is 6.42 Å². The minimum atomic E-state index is -1.13. The topological polar surface area (TPSA) is 63.6 Å². The van der Waals surface area contributed by atoms with E-state index < -0.39 is 18.5 Å². The maximum absolute atomic E-state index is 11.2. The zero-order chi connectivity index (χ0) is 19.3. The molecule has 4 nitrogen and oxygen atoms in total. The van der Waals surface area contributed by atoms with Gasteiger partial charge in [-0.25, -0.2) is 4.79 Å². The first-order valence-corrected chi connectivity index (χ1v) is 9.29. The summed E-state index contributed by atoms with van der Waals surface area (Å²) in [6.45, 7) is 1.58. The number of carboxylic acid groups (broad SMARTS) is 1. The highest BCUT2D eigenvalue weighted by atomic mass is 16.5. The lowest BCUT2D eigenvalue weighted by molar-refractivity contribution is -0.155. The average Bonchev–Trinajstić information content (AvgIpc) is 2.62. The van der Waals surface area contributed by atoms with Crippen molar-refractivity contribution in [1.82, 2.24) is 0 Å². The molecule has 0 radical (unpaired) electrons. The summed E-state index contributed by atoms with van der Waals surface area (Å²) in [6, 6.07) is 0. The second kappa shape index (κ2) is 19.0. The molecule has 26 heavy (non-hydrogen) atoms. The van der Waals surface area contributed by atoms with Crippen LogP contribution in [0.15, 0.2) is 60.8 Å². The largest absolute Gasteiger partial charge is 0.479 e. The van der Waals surface area contributed by atoms with Gasteiger partial charge in [0.1, 0.15) is 0 Å². The monoisotopic (exact) mass is 360 g/mol. The summed E-state index contributed by atoms with van der Waals surface area (Å²) in [7, 11) is 0. The van der Waals surface area contributed by atoms with Crippen LogP contribution in [0.2, 0.25) is 0 Å². The number of allylic oxidation sites excluding steroid dienone is 10. The number of carbonyl (C=O) groups is 2. The zero-order valence-corrected chi connectivity index (χ0v) is 15.8. The van der Waals surface area contributed by atoms with Gasteiger partial charge in [-0.15, -0.1) is 0 Å². The maximum Gasteiger partial charge on any atom is 0.341 e. The van der Waals surface area contributed by atoms with Gasteiger partial charge in [0, 0.05) is 6.42 Å². The molecule has 0 heterocycles. The smallest absolute Gasteiger partial charge is 0.341 e. The van der Waals surface area contributed by atoms with E-state index in [2.05, 4.69) is 66.3 Å². The van der Waals surface area contributed by atoms with Gasteiger partial charge in [0.15, 0.2) is 6.61 Å². The Hall–Kier alpha value is -2.36. The highest BCUT2D eigenvalue weighted by Crippen LogP contribution is 2.00. The van der Waals surface area contributed by atoms with Gasteiger partial charge in [-0.05, 0) is 44.9 Å². The van der Waals surface area contributed by atoms with Crippen LogP contribution in [0, 0.1) is 0 Å². The zero-order valence-electron chi connectivity index (χ0n) is 15.8. The highest BCUT2D eigenvalue weighted by molar-refractivity contribution is 5.75. The van der Waals surface area contributed by atoms with Crippen molar-refractivity contribution in [2.75, 3.05) is 6.61 Å². The van der Waals surface area contributed by atoms with Crippen molar-refractivity contribution < 1.29 is 19.4 Å². The van der Waals surface area contributed by atoms with Crippen molar-refractivity contribution in [3.05, 3.63) is 60.8 Å². The molecule has 0 fully saturated rings. The van der Waals surface area contributed by atoms with E-state index in [-0.39, 0.29) is 6.42 Å². The fourth-order valence-corrected chi connectivity index (χ4v) is 1.95. The van der Waals surface area contributed by atoms with Gasteiger partial charge in [-0.2, -0.15) is 0 Å². The van der Waals surface area contributed by atoms with Crippen molar-refractivity contribution in [3.63, 3.8) is 0 Å². The van der Waals surface area contributed by atoms with Crippen LogP contribution < -0.4 is 0 Å². The molecule has 4 heteroatoms. The molecule has 0 saturated carbocycles. The normalized spacial score (nSPS) is 12.3. The molecule has 1 N–H and O–H groups in total. The minimum absolute atomic E-state index is 0.252. The van der Waals surface area contributed by atoms with E-state index in [1.165, 1.54) is 0 Å². The third-order valence-corrected chi connectivity index (χ3v) is 3.27. The molecule has 0 saturated heterocycles. The molecule has 0 aromatic carbocycles. The molecule has 0 aliphatic carbocycles. The fourth-order valence-electron chi connectivity index (χ4n) is 1.95. The van der Waals surface area contributed by atoms with E-state index in [0.717, 1.165) is 38.5 Å². The standard InChI is InChI=1S/C22H32O4/c1-2-3-4-5-6-7-8-9-10-11-12-13-14-15-16-17-18-19-22(25)26-20-21(23)24/h3-4,6-7,9-10,12-13,15-16H,2,5,8,11,14,17-20H2,1H3,(H,23,24)/b4-3-,7-6-,10-9-,13-12-,16-15-. The Morgan fingerprint density at radius 1 is 0.769 bits per heavy atom. The van der Waals surface area contributed by atoms with E-state index in [4.69, 9.17) is 5.11 Å². The van der Waals surface area contributed by atoms with Gasteiger partial charge >= 0.3 is 11.9 Å². The molecule has 0 spiro atoms. The molecule has 0 bridgehead atoms. The fraction of sp³-hybridized carbons (Fsp3) is 0.455. The molecule has 0 aliphatic rings. The summed E-state index contributed by atoms with van der Waals surface area (Å²) < 4.78 is 4.55. The molecule has 144 valence electrons. The summed E-state index contributed by atoms with van der Waals surface area (Å²) in [5, 5.41) is 8.38. The van der Waals surface area contributed by atoms with Crippen LogP contribution in [0.1, 0.15) is 58.3 Å². The van der Waals surface area contributed by atoms with E-state index in [1.807, 2.05) is 6.08 Å². The van der Waals surface area contributed by atoms with Crippen molar-refractivity contribution >= 4 is 11.9 Å². The number of ether oxygens (including phenoxy) is 1. The highest BCUT2D eigenvalue weighted by Gasteiger charge is 2.04. The molecular weight excluding hydrogens is 328 g/mol. The van der Waals surface area contributed by atoms with Gasteiger partial charge in [-0.1, -0.05) is 67.7 Å². The maximum atomic E-state index is 11.2. The Bertz CT molecular complexity index is 510. The van der Waals surface area contributed by atoms with Gasteiger partial charge in [0.05, 0.1) is 0 Å². The Morgan fingerprint density at radius 3 is 1.69 bits per heavy atom. The van der Waals surface area contributed by atoms with Crippen LogP contribution in [0.5, 0.6) is 0 Å². The SMILES string of the molecule is CC/C=C\C/C=C\C/C=C\C/C=C\C/C=C\CCCC(=O)OCC(=O)O. The third-order valence-electron chi connectivity index (χ3n) is 3.27. The molecule has 0 atom stereocenters. The van der Waals surface area contributed by atoms with Gasteiger partial charge < -0.3 is 9.84 Å². The number of rotatable bonds is 15. The minimum Gasteiger partial charge on any atom is -0.479 e. The predicted molar refractivity (Wildman–Crippen MR) is 107 cm³/mol. The van der Waals surface area contributed by atoms with Crippen LogP contribution in [0.4, 0.5) is 0 Å². The van der Waals surface area contributed by atoms with E-state index >= 15 is 0 Å². The number of carboxylic acids is 1. The molecule has 0 aliphatic heterocycles. The lowest BCUT2D eigenvalue weighted by Gasteiger charge is -1.99. The number of hydrogen-bond donors (Lipinski definition) is 1. The Balaban J connectivity index is 3.53. The first-order chi connectivity index (χ1) is 12.7. The lowest BCUT2D eigenvalue weighted by Crippen LogP contribution is -2.12. The number of carbonyl (C=O) groups excluding carboxylic acids is 1. The first-order valence-electron chi connectivity index (χ1n) is 9.29. The predicted octanol–water partition coefficient (Wildman–Crippen LogP) is 5.54. The molecule has 0 aromatic rings. The second-order valence-corrected chi connectivity index (χ2v) is 5.65. The van der Waals surface area contributed by atoms with Gasteiger partial charge in [0.25, 0.3) is 0 Å². The van der Waals surface area contributed by atoms with Crippen LogP contribution in [-0.4, -0.2) is 23.7 Å². The Morgan fingerprint density at radius 2 is 1.23 bits per heavy atom. The molecule has 0 rings (SSSR count). The van der Waals surface area contributed by atoms with E-state index in [1.54, 1.807) is 0 Å². The lowest BCUT2D eigenvalue weighted by atomic mass is 10.2. The molecular formula is C22H32O4. The van der Waals surface area contributed by atoms with Crippen molar-refractivity contribution in [1.29, 1.82) is 0 Å². The number of hydrogen-bond acceptors (Lipinski definition) is 3. The summed E-state index contributed by atoms with van der Waals surface area (Å²) in [6.07, 6.45) is 28.0. The molecule has 0 unspecified atom stereocenters. The number of aliphatic carboxylic acids is 1. The Kier molecular flexibility index (Phi) is 17.2. The van der Waals surface area contributed by atoms with Gasteiger partial charge in [-0.3, -0.25) is 4.79 Å². The number of unbranched alkanes of at least 4 members (excludes halogenated alkanes) is 1. The van der Waals surface area contributed by atoms with Crippen molar-refractivity contribution in [3.8, 4) is 0 Å². The number of esters is 1. The van der Waals surface area contributed by atoms with Crippen LogP contribution in [0.3, 0.4) is 0 Å². The van der Waals surface area contributed by atoms with Gasteiger partial charge in [0.2, 0.25) is 0 Å². The van der Waals surface area contributed by atoms with E-state index in [9.17, 15) is 9.59 Å². The first kappa shape index (κ1) is 23.6. The summed E-state index contributed by atoms with van der Waals surface area (Å²) in [4.78, 5) is 21.4. The quantitative estimate of drug-likeness (QED) is 0.237. The van der Waals surface area contributed by atoms with Crippen LogP contribution in [0.25, 0.3) is 0 Å². The summed E-state index contributed by atoms with van der Waals surface area (Å²) >= 11 is 0. The molecule has 0 amide bonds. The molecule has 0 aromatic heterocycles. The van der Waals surface area contributed by atoms with Crippen LogP contribution >= 0.6 is 0 Å². The average molecular weight is 360 g/mol.